The van der Waals surface area contributed by atoms with Crippen LogP contribution >= 0.6 is 0 Å². The van der Waals surface area contributed by atoms with Crippen LogP contribution in [0.4, 0.5) is 0 Å². The monoisotopic (exact) mass is 257 g/mol. The first-order valence-corrected chi connectivity index (χ1v) is 7.05. The van der Waals surface area contributed by atoms with Crippen molar-refractivity contribution in [2.45, 2.75) is 52.0 Å². The van der Waals surface area contributed by atoms with E-state index in [1.54, 1.807) is 0 Å². The summed E-state index contributed by atoms with van der Waals surface area (Å²) < 4.78 is 4.99. The number of hydrogen-bond donors (Lipinski definition) is 2. The fourth-order valence-corrected chi connectivity index (χ4v) is 2.44. The van der Waals surface area contributed by atoms with Gasteiger partial charge in [0, 0.05) is 12.1 Å². The van der Waals surface area contributed by atoms with Gasteiger partial charge in [0.25, 0.3) is 0 Å². The number of esters is 1. The summed E-state index contributed by atoms with van der Waals surface area (Å²) in [5, 5.41) is 13.0. The van der Waals surface area contributed by atoms with Crippen LogP contribution in [0.25, 0.3) is 0 Å². The molecule has 1 unspecified atom stereocenters. The van der Waals surface area contributed by atoms with Crippen LogP contribution in [0.5, 0.6) is 0 Å². The van der Waals surface area contributed by atoms with Crippen LogP contribution in [0.2, 0.25) is 0 Å². The summed E-state index contributed by atoms with van der Waals surface area (Å²) >= 11 is 0. The van der Waals surface area contributed by atoms with Crippen LogP contribution in [0.1, 0.15) is 46.5 Å². The van der Waals surface area contributed by atoms with E-state index in [0.29, 0.717) is 13.2 Å². The Morgan fingerprint density at radius 3 is 2.61 bits per heavy atom. The second-order valence-electron chi connectivity index (χ2n) is 5.65. The van der Waals surface area contributed by atoms with E-state index in [0.717, 1.165) is 31.6 Å². The van der Waals surface area contributed by atoms with Gasteiger partial charge in [-0.15, -0.1) is 0 Å². The van der Waals surface area contributed by atoms with Crippen molar-refractivity contribution in [1.82, 2.24) is 5.32 Å². The van der Waals surface area contributed by atoms with Gasteiger partial charge in [0.2, 0.25) is 0 Å². The van der Waals surface area contributed by atoms with E-state index in [4.69, 9.17) is 4.74 Å². The molecule has 0 heterocycles. The Labute approximate surface area is 110 Å². The maximum Gasteiger partial charge on any atom is 0.309 e. The lowest BCUT2D eigenvalue weighted by Crippen LogP contribution is -2.52. The Morgan fingerprint density at radius 1 is 1.50 bits per heavy atom. The lowest BCUT2D eigenvalue weighted by molar-refractivity contribution is -0.147. The molecule has 2 N–H and O–H groups in total. The SMILES string of the molecule is CCOC(=O)C(C)CNC1(CO)CCC(C)CC1. The smallest absolute Gasteiger partial charge is 0.309 e. The minimum atomic E-state index is -0.187. The summed E-state index contributed by atoms with van der Waals surface area (Å²) in [6, 6.07) is 0. The third-order valence-corrected chi connectivity index (χ3v) is 4.01. The number of hydrogen-bond acceptors (Lipinski definition) is 4. The summed E-state index contributed by atoms with van der Waals surface area (Å²) in [6.07, 6.45) is 4.25. The van der Waals surface area contributed by atoms with Crippen molar-refractivity contribution in [2.75, 3.05) is 19.8 Å². The first kappa shape index (κ1) is 15.4. The Bertz CT molecular complexity index is 260. The second kappa shape index (κ2) is 7.10. The highest BCUT2D eigenvalue weighted by atomic mass is 16.5. The highest BCUT2D eigenvalue weighted by Crippen LogP contribution is 2.31. The quantitative estimate of drug-likeness (QED) is 0.711. The standard InChI is InChI=1S/C14H27NO3/c1-4-18-13(17)12(3)9-15-14(10-16)7-5-11(2)6-8-14/h11-12,15-16H,4-10H2,1-3H3. The average Bonchev–Trinajstić information content (AvgIpc) is 2.38. The molecule has 4 nitrogen and oxygen atoms in total. The fraction of sp³-hybridized carbons (Fsp3) is 0.929. The van der Waals surface area contributed by atoms with Crippen LogP contribution in [-0.2, 0) is 9.53 Å². The van der Waals surface area contributed by atoms with Gasteiger partial charge in [-0.05, 0) is 38.5 Å². The zero-order chi connectivity index (χ0) is 13.6. The van der Waals surface area contributed by atoms with Gasteiger partial charge in [0.05, 0.1) is 19.1 Å². The lowest BCUT2D eigenvalue weighted by Gasteiger charge is -2.39. The van der Waals surface area contributed by atoms with E-state index in [-0.39, 0.29) is 24.0 Å². The van der Waals surface area contributed by atoms with Gasteiger partial charge in [-0.3, -0.25) is 4.79 Å². The summed E-state index contributed by atoms with van der Waals surface area (Å²) in [4.78, 5) is 11.5. The summed E-state index contributed by atoms with van der Waals surface area (Å²) in [6.45, 7) is 7.08. The lowest BCUT2D eigenvalue weighted by atomic mass is 9.77. The number of carbonyl (C=O) groups excluding carboxylic acids is 1. The Balaban J connectivity index is 2.42. The molecule has 0 radical (unpaired) electrons. The molecular formula is C14H27NO3. The number of aliphatic hydroxyl groups excluding tert-OH is 1. The first-order valence-electron chi connectivity index (χ1n) is 7.05. The molecule has 1 aliphatic rings. The predicted octanol–water partition coefficient (Wildman–Crippen LogP) is 1.72. The van der Waals surface area contributed by atoms with E-state index in [1.165, 1.54) is 0 Å². The fourth-order valence-electron chi connectivity index (χ4n) is 2.44. The number of nitrogens with one attached hydrogen (secondary N) is 1. The molecule has 0 spiro atoms. The van der Waals surface area contributed by atoms with E-state index in [2.05, 4.69) is 12.2 Å². The van der Waals surface area contributed by atoms with Crippen LogP contribution in [-0.4, -0.2) is 36.4 Å². The molecule has 0 aromatic carbocycles. The molecule has 1 fully saturated rings. The maximum absolute atomic E-state index is 11.5. The van der Waals surface area contributed by atoms with Crippen molar-refractivity contribution in [3.05, 3.63) is 0 Å². The topological polar surface area (TPSA) is 58.6 Å². The predicted molar refractivity (Wildman–Crippen MR) is 71.2 cm³/mol. The molecule has 1 aliphatic carbocycles. The van der Waals surface area contributed by atoms with Gasteiger partial charge in [0.1, 0.15) is 0 Å². The van der Waals surface area contributed by atoms with Crippen LogP contribution in [0, 0.1) is 11.8 Å². The summed E-state index contributed by atoms with van der Waals surface area (Å²) in [5.74, 6) is 0.420. The molecule has 0 aromatic rings. The molecule has 106 valence electrons. The maximum atomic E-state index is 11.5. The molecule has 0 saturated heterocycles. The number of ether oxygens (including phenoxy) is 1. The van der Waals surface area contributed by atoms with E-state index in [1.807, 2.05) is 13.8 Å². The van der Waals surface area contributed by atoms with Gasteiger partial charge in [-0.25, -0.2) is 0 Å². The largest absolute Gasteiger partial charge is 0.466 e. The van der Waals surface area contributed by atoms with Gasteiger partial charge >= 0.3 is 5.97 Å². The normalized spacial score (nSPS) is 29.9. The number of carbonyl (C=O) groups is 1. The van der Waals surface area contributed by atoms with Gasteiger partial charge in [-0.2, -0.15) is 0 Å². The zero-order valence-corrected chi connectivity index (χ0v) is 11.9. The molecule has 1 rings (SSSR count). The molecule has 1 atom stereocenters. The van der Waals surface area contributed by atoms with Gasteiger partial charge < -0.3 is 15.2 Å². The van der Waals surface area contributed by atoms with Crippen molar-refractivity contribution in [3.63, 3.8) is 0 Å². The third-order valence-electron chi connectivity index (χ3n) is 4.01. The second-order valence-corrected chi connectivity index (χ2v) is 5.65. The van der Waals surface area contributed by atoms with E-state index in [9.17, 15) is 9.90 Å². The van der Waals surface area contributed by atoms with Gasteiger partial charge in [-0.1, -0.05) is 13.8 Å². The molecule has 0 bridgehead atoms. The minimum Gasteiger partial charge on any atom is -0.466 e. The zero-order valence-electron chi connectivity index (χ0n) is 11.9. The van der Waals surface area contributed by atoms with Crippen LogP contribution in [0.3, 0.4) is 0 Å². The Hall–Kier alpha value is -0.610. The van der Waals surface area contributed by atoms with Crippen molar-refractivity contribution >= 4 is 5.97 Å². The molecule has 1 saturated carbocycles. The molecule has 0 amide bonds. The molecule has 0 aliphatic heterocycles. The number of rotatable bonds is 6. The van der Waals surface area contributed by atoms with Crippen LogP contribution < -0.4 is 5.32 Å². The van der Waals surface area contributed by atoms with E-state index < -0.39 is 0 Å². The van der Waals surface area contributed by atoms with Crippen LogP contribution in [0.15, 0.2) is 0 Å². The average molecular weight is 257 g/mol. The number of aliphatic hydroxyl groups is 1. The molecule has 18 heavy (non-hydrogen) atoms. The molecule has 0 aromatic heterocycles. The molecular weight excluding hydrogens is 230 g/mol. The third kappa shape index (κ3) is 4.25. The highest BCUT2D eigenvalue weighted by molar-refractivity contribution is 5.72. The summed E-state index contributed by atoms with van der Waals surface area (Å²) in [5.41, 5.74) is -0.187. The highest BCUT2D eigenvalue weighted by Gasteiger charge is 2.33. The van der Waals surface area contributed by atoms with Crippen molar-refractivity contribution < 1.29 is 14.6 Å². The Kier molecular flexibility index (Phi) is 6.09. The van der Waals surface area contributed by atoms with E-state index >= 15 is 0 Å². The van der Waals surface area contributed by atoms with Crippen molar-refractivity contribution in [3.8, 4) is 0 Å². The van der Waals surface area contributed by atoms with Crippen molar-refractivity contribution in [2.24, 2.45) is 11.8 Å². The van der Waals surface area contributed by atoms with Gasteiger partial charge in [0.15, 0.2) is 0 Å². The first-order chi connectivity index (χ1) is 8.53. The van der Waals surface area contributed by atoms with Crippen molar-refractivity contribution in [1.29, 1.82) is 0 Å². The molecule has 4 heteroatoms. The minimum absolute atomic E-state index is 0.148. The Morgan fingerprint density at radius 2 is 2.11 bits per heavy atom. The summed E-state index contributed by atoms with van der Waals surface area (Å²) in [7, 11) is 0.